The summed E-state index contributed by atoms with van der Waals surface area (Å²) in [5, 5.41) is 10.8. The molecule has 0 atom stereocenters. The number of piperidine rings is 3. The topological polar surface area (TPSA) is 45.3 Å². The number of aryl methyl sites for hydroxylation is 1. The minimum absolute atomic E-state index is 0.149. The highest BCUT2D eigenvalue weighted by atomic mass is 35.5. The van der Waals surface area contributed by atoms with E-state index in [4.69, 9.17) is 16.3 Å². The molecule has 3 aliphatic heterocycles. The van der Waals surface area contributed by atoms with E-state index in [0.29, 0.717) is 22.8 Å². The fourth-order valence-electron chi connectivity index (χ4n) is 8.46. The first-order valence-electron chi connectivity index (χ1n) is 22.3. The van der Waals surface area contributed by atoms with Gasteiger partial charge in [0.1, 0.15) is 17.5 Å². The van der Waals surface area contributed by atoms with Crippen molar-refractivity contribution in [2.24, 2.45) is 0 Å². The highest BCUT2D eigenvalue weighted by Gasteiger charge is 2.22. The Kier molecular flexibility index (Phi) is 18.6. The van der Waals surface area contributed by atoms with Crippen molar-refractivity contribution in [2.75, 3.05) is 46.4 Å². The first kappa shape index (κ1) is 49.0. The summed E-state index contributed by atoms with van der Waals surface area (Å²) in [4.78, 5) is 6.13. The van der Waals surface area contributed by atoms with Gasteiger partial charge in [-0.05, 0) is 204 Å². The third-order valence-corrected chi connectivity index (χ3v) is 15.9. The maximum atomic E-state index is 13.7. The molecular weight excluding hydrogens is 902 g/mol. The Morgan fingerprint density at radius 3 is 1.49 bits per heavy atom. The highest BCUT2D eigenvalue weighted by Crippen LogP contribution is 2.42. The zero-order valence-corrected chi connectivity index (χ0v) is 40.0. The Bertz CT molecular complexity index is 2370. The molecule has 3 saturated heterocycles. The van der Waals surface area contributed by atoms with Gasteiger partial charge in [-0.25, -0.2) is 17.6 Å². The van der Waals surface area contributed by atoms with Gasteiger partial charge in [0, 0.05) is 29.4 Å². The van der Waals surface area contributed by atoms with Gasteiger partial charge < -0.3 is 20.7 Å². The quantitative estimate of drug-likeness (QED) is 0.118. The van der Waals surface area contributed by atoms with Crippen LogP contribution in [-0.2, 0) is 0 Å². The SMILES string of the molecule is COc1cc(Sc2ccc(F)cc2C2CCNCC2)ccc1F.Cc1ccccc1Sc1cc(F)ccc1C1CCNCC1.Fc1ccc(C2CCNCC2)c(Sc2ccccc2Cl)c1. The summed E-state index contributed by atoms with van der Waals surface area (Å²) in [6, 6.07) is 36.1. The van der Waals surface area contributed by atoms with E-state index in [1.165, 1.54) is 52.6 Å². The van der Waals surface area contributed by atoms with E-state index in [0.717, 1.165) is 108 Å². The number of benzene rings is 6. The summed E-state index contributed by atoms with van der Waals surface area (Å²) in [5.74, 6) is 0.688. The van der Waals surface area contributed by atoms with Gasteiger partial charge in [0.15, 0.2) is 11.6 Å². The predicted octanol–water partition coefficient (Wildman–Crippen LogP) is 14.4. The molecule has 3 aliphatic rings. The Morgan fingerprint density at radius 2 is 0.954 bits per heavy atom. The summed E-state index contributed by atoms with van der Waals surface area (Å²) in [7, 11) is 1.45. The van der Waals surface area contributed by atoms with Crippen molar-refractivity contribution in [3.63, 3.8) is 0 Å². The molecule has 65 heavy (non-hydrogen) atoms. The van der Waals surface area contributed by atoms with Gasteiger partial charge in [-0.2, -0.15) is 0 Å². The molecule has 0 aromatic heterocycles. The second-order valence-corrected chi connectivity index (χ2v) is 20.1. The molecule has 12 heteroatoms. The van der Waals surface area contributed by atoms with E-state index in [-0.39, 0.29) is 29.0 Å². The van der Waals surface area contributed by atoms with E-state index >= 15 is 0 Å². The van der Waals surface area contributed by atoms with Crippen LogP contribution in [0.5, 0.6) is 5.75 Å². The van der Waals surface area contributed by atoms with Crippen molar-refractivity contribution in [1.82, 2.24) is 16.0 Å². The summed E-state index contributed by atoms with van der Waals surface area (Å²) in [5.41, 5.74) is 4.82. The minimum atomic E-state index is -0.380. The molecule has 0 aliphatic carbocycles. The van der Waals surface area contributed by atoms with E-state index in [9.17, 15) is 17.6 Å². The monoisotopic (exact) mass is 957 g/mol. The van der Waals surface area contributed by atoms with E-state index in [2.05, 4.69) is 35.0 Å². The smallest absolute Gasteiger partial charge is 0.165 e. The molecule has 6 aromatic rings. The van der Waals surface area contributed by atoms with Crippen LogP contribution in [0.2, 0.25) is 5.02 Å². The van der Waals surface area contributed by atoms with Crippen molar-refractivity contribution in [2.45, 2.75) is 92.6 Å². The lowest BCUT2D eigenvalue weighted by Crippen LogP contribution is -2.26. The maximum Gasteiger partial charge on any atom is 0.165 e. The van der Waals surface area contributed by atoms with E-state index in [1.807, 2.05) is 54.6 Å². The molecule has 0 bridgehead atoms. The van der Waals surface area contributed by atoms with Gasteiger partial charge >= 0.3 is 0 Å². The first-order chi connectivity index (χ1) is 31.6. The zero-order valence-electron chi connectivity index (χ0n) is 36.8. The summed E-state index contributed by atoms with van der Waals surface area (Å²) >= 11 is 11.0. The molecule has 0 unspecified atom stereocenters. The average Bonchev–Trinajstić information content (AvgIpc) is 3.33. The van der Waals surface area contributed by atoms with Crippen LogP contribution >= 0.6 is 46.9 Å². The zero-order chi connectivity index (χ0) is 45.5. The van der Waals surface area contributed by atoms with Crippen LogP contribution in [0, 0.1) is 30.2 Å². The van der Waals surface area contributed by atoms with E-state index in [1.54, 1.807) is 66.0 Å². The molecule has 342 valence electrons. The molecule has 0 radical (unpaired) electrons. The van der Waals surface area contributed by atoms with Gasteiger partial charge in [-0.15, -0.1) is 0 Å². The summed E-state index contributed by atoms with van der Waals surface area (Å²) in [6.45, 7) is 8.17. The number of halogens is 5. The maximum absolute atomic E-state index is 13.7. The van der Waals surface area contributed by atoms with Crippen LogP contribution in [-0.4, -0.2) is 46.4 Å². The summed E-state index contributed by atoms with van der Waals surface area (Å²) < 4.78 is 59.6. The Morgan fingerprint density at radius 1 is 0.477 bits per heavy atom. The molecule has 9 rings (SSSR count). The molecular formula is C53H56ClF4N3OS3. The van der Waals surface area contributed by atoms with Gasteiger partial charge in [0.25, 0.3) is 0 Å². The first-order valence-corrected chi connectivity index (χ1v) is 25.2. The number of nitrogens with one attached hydrogen (secondary N) is 3. The van der Waals surface area contributed by atoms with E-state index < -0.39 is 0 Å². The Labute approximate surface area is 399 Å². The van der Waals surface area contributed by atoms with Crippen LogP contribution in [0.15, 0.2) is 151 Å². The van der Waals surface area contributed by atoms with Gasteiger partial charge in [0.2, 0.25) is 0 Å². The van der Waals surface area contributed by atoms with Crippen LogP contribution in [0.25, 0.3) is 0 Å². The molecule has 0 saturated carbocycles. The second kappa shape index (κ2) is 24.7. The lowest BCUT2D eigenvalue weighted by molar-refractivity contribution is 0.385. The molecule has 0 amide bonds. The minimum Gasteiger partial charge on any atom is -0.494 e. The van der Waals surface area contributed by atoms with Gasteiger partial charge in [-0.3, -0.25) is 0 Å². The third-order valence-electron chi connectivity index (χ3n) is 12.0. The second-order valence-electron chi connectivity index (χ2n) is 16.4. The van der Waals surface area contributed by atoms with Crippen LogP contribution in [0.3, 0.4) is 0 Å². The molecule has 3 fully saturated rings. The van der Waals surface area contributed by atoms with Crippen molar-refractivity contribution >= 4 is 46.9 Å². The number of ether oxygens (including phenoxy) is 1. The largest absolute Gasteiger partial charge is 0.494 e. The normalized spacial score (nSPS) is 15.9. The fraction of sp³-hybridized carbons (Fsp3) is 0.321. The number of hydrogen-bond acceptors (Lipinski definition) is 7. The summed E-state index contributed by atoms with van der Waals surface area (Å²) in [6.07, 6.45) is 6.47. The molecule has 3 heterocycles. The standard InChI is InChI=1S/C18H19F2NOS.C18H20FNS.C17H17ClFNS/c1-22-17-11-14(3-4-16(17)20)23-18-5-2-13(19)10-15(18)12-6-8-21-9-7-12;1-13-4-2-3-5-17(13)21-18-12-15(19)6-7-16(18)14-8-10-20-11-9-14;18-15-3-1-2-4-16(15)21-17-11-13(19)5-6-14(17)12-7-9-20-10-8-12/h2-5,10-12,21H,6-9H2,1H3;2-7,12,14,20H,8-11H2,1H3;1-6,11-12,20H,7-10H2. The Balaban J connectivity index is 0.000000146. The van der Waals surface area contributed by atoms with Gasteiger partial charge in [-0.1, -0.05) is 89.4 Å². The number of methoxy groups -OCH3 is 1. The molecule has 4 nitrogen and oxygen atoms in total. The lowest BCUT2D eigenvalue weighted by atomic mass is 9.90. The van der Waals surface area contributed by atoms with Gasteiger partial charge in [0.05, 0.1) is 12.1 Å². The Hall–Kier alpha value is -3.94. The van der Waals surface area contributed by atoms with Crippen molar-refractivity contribution in [3.8, 4) is 5.75 Å². The molecule has 6 aromatic carbocycles. The highest BCUT2D eigenvalue weighted by molar-refractivity contribution is 8.00. The van der Waals surface area contributed by atoms with Crippen LogP contribution < -0.4 is 20.7 Å². The molecule has 0 spiro atoms. The number of rotatable bonds is 10. The average molecular weight is 959 g/mol. The lowest BCUT2D eigenvalue weighted by Gasteiger charge is -2.25. The predicted molar refractivity (Wildman–Crippen MR) is 262 cm³/mol. The number of hydrogen-bond donors (Lipinski definition) is 3. The van der Waals surface area contributed by atoms with Crippen molar-refractivity contribution in [3.05, 3.63) is 172 Å². The van der Waals surface area contributed by atoms with Crippen molar-refractivity contribution in [1.29, 1.82) is 0 Å². The van der Waals surface area contributed by atoms with Crippen LogP contribution in [0.4, 0.5) is 17.6 Å². The van der Waals surface area contributed by atoms with Crippen molar-refractivity contribution < 1.29 is 22.3 Å². The molecule has 3 N–H and O–H groups in total. The third kappa shape index (κ3) is 14.0. The van der Waals surface area contributed by atoms with Crippen LogP contribution in [0.1, 0.15) is 78.5 Å². The fourth-order valence-corrected chi connectivity index (χ4v) is 12.0.